The first kappa shape index (κ1) is 16.2. The third kappa shape index (κ3) is 5.85. The van der Waals surface area contributed by atoms with Gasteiger partial charge in [-0.05, 0) is 0 Å². The summed E-state index contributed by atoms with van der Waals surface area (Å²) in [5.41, 5.74) is 1.16. The number of rotatable bonds is 8. The van der Waals surface area contributed by atoms with Crippen LogP contribution in [0.5, 0.6) is 0 Å². The quantitative estimate of drug-likeness (QED) is 0.683. The number of hydrogen-bond acceptors (Lipinski definition) is 4. The van der Waals surface area contributed by atoms with Gasteiger partial charge in [0.15, 0.2) is 0 Å². The van der Waals surface area contributed by atoms with Crippen molar-refractivity contribution >= 4 is 11.8 Å². The molecule has 1 aromatic heterocycles. The second kappa shape index (κ2) is 9.10. The predicted molar refractivity (Wildman–Crippen MR) is 73.1 cm³/mol. The van der Waals surface area contributed by atoms with E-state index in [9.17, 15) is 0 Å². The van der Waals surface area contributed by atoms with E-state index < -0.39 is 18.6 Å². The number of pyridine rings is 1. The molecular weight excluding hydrogens is 282 g/mol. The van der Waals surface area contributed by atoms with Crippen molar-refractivity contribution in [2.75, 3.05) is 14.2 Å². The van der Waals surface area contributed by atoms with E-state index >= 15 is 0 Å². The van der Waals surface area contributed by atoms with Crippen LogP contribution in [0, 0.1) is 0 Å². The van der Waals surface area contributed by atoms with Crippen LogP contribution in [0.2, 0.25) is 4.73 Å². The van der Waals surface area contributed by atoms with Gasteiger partial charge in [0.1, 0.15) is 0 Å². The Labute approximate surface area is 121 Å². The molecule has 0 aliphatic rings. The Hall–Kier alpha value is 0.134. The number of hydrogen-bond donors (Lipinski definition) is 0. The molecule has 0 aromatic carbocycles. The molecule has 0 bridgehead atoms. The Kier molecular flexibility index (Phi) is 8.19. The first-order valence-corrected chi connectivity index (χ1v) is 9.49. The molecule has 0 aliphatic heterocycles. The van der Waals surface area contributed by atoms with Crippen LogP contribution < -0.4 is 0 Å². The number of nitrogens with zero attached hydrogens (tertiary/aromatic N) is 1. The number of thioether (sulfide) groups is 1. The van der Waals surface area contributed by atoms with Crippen molar-refractivity contribution in [1.82, 2.24) is 4.98 Å². The Balaban J connectivity index is 2.33. The fourth-order valence-corrected chi connectivity index (χ4v) is 5.21. The summed E-state index contributed by atoms with van der Waals surface area (Å²) >= 11 is 0.310. The molecule has 2 unspecified atom stereocenters. The molecule has 1 rings (SSSR count). The maximum absolute atomic E-state index is 5.36. The van der Waals surface area contributed by atoms with E-state index in [0.29, 0.717) is 10.5 Å². The fraction of sp³-hybridized carbons (Fsp3) is 0.615. The molecule has 2 atom stereocenters. The van der Waals surface area contributed by atoms with Gasteiger partial charge in [-0.3, -0.25) is 0 Å². The van der Waals surface area contributed by atoms with Gasteiger partial charge in [0.25, 0.3) is 0 Å². The molecule has 5 heteroatoms. The fourth-order valence-electron chi connectivity index (χ4n) is 1.71. The third-order valence-electron chi connectivity index (χ3n) is 2.75. The summed E-state index contributed by atoms with van der Waals surface area (Å²) in [5.74, 6) is 0. The summed E-state index contributed by atoms with van der Waals surface area (Å²) in [4.78, 5) is 4.40. The first-order valence-electron chi connectivity index (χ1n) is 6.17. The molecule has 0 N–H and O–H groups in total. The Morgan fingerprint density at radius 2 is 2.00 bits per heavy atom. The molecule has 0 saturated carbocycles. The van der Waals surface area contributed by atoms with Crippen LogP contribution in [0.25, 0.3) is 0 Å². The van der Waals surface area contributed by atoms with Crippen molar-refractivity contribution in [3.05, 3.63) is 30.1 Å². The molecule has 1 aromatic rings. The van der Waals surface area contributed by atoms with Gasteiger partial charge in [-0.25, -0.2) is 0 Å². The molecule has 0 radical (unpaired) electrons. The zero-order valence-corrected chi connectivity index (χ0v) is 13.9. The van der Waals surface area contributed by atoms with Gasteiger partial charge in [0.2, 0.25) is 0 Å². The molecule has 0 saturated heterocycles. The summed E-state index contributed by atoms with van der Waals surface area (Å²) in [6.07, 6.45) is 3.01. The van der Waals surface area contributed by atoms with Crippen molar-refractivity contribution in [2.24, 2.45) is 0 Å². The van der Waals surface area contributed by atoms with E-state index in [1.165, 1.54) is 0 Å². The maximum atomic E-state index is 5.36. The van der Waals surface area contributed by atoms with E-state index in [4.69, 9.17) is 6.64 Å². The van der Waals surface area contributed by atoms with E-state index in [1.807, 2.05) is 30.1 Å². The van der Waals surface area contributed by atoms with Gasteiger partial charge in [0, 0.05) is 0 Å². The minimum atomic E-state index is -1.66. The van der Waals surface area contributed by atoms with E-state index in [1.54, 1.807) is 14.2 Å². The average Bonchev–Trinajstić information content (AvgIpc) is 2.41. The molecule has 0 amide bonds. The van der Waals surface area contributed by atoms with Crippen LogP contribution in [-0.4, -0.2) is 24.5 Å². The number of aromatic nitrogens is 1. The molecule has 0 spiro atoms. The monoisotopic (exact) mass is 304 g/mol. The SMILES string of the molecule is C[O][Ti]([CH2]CC(C)SC(C)c1ccccn1)[O]C. The first-order chi connectivity index (χ1) is 8.67. The molecule has 101 valence electrons. The van der Waals surface area contributed by atoms with Crippen LogP contribution in [0.3, 0.4) is 0 Å². The van der Waals surface area contributed by atoms with Crippen molar-refractivity contribution in [3.63, 3.8) is 0 Å². The van der Waals surface area contributed by atoms with Crippen LogP contribution >= 0.6 is 11.8 Å². The topological polar surface area (TPSA) is 31.4 Å². The normalized spacial score (nSPS) is 14.2. The zero-order valence-electron chi connectivity index (χ0n) is 11.6. The van der Waals surface area contributed by atoms with Crippen LogP contribution in [0.4, 0.5) is 0 Å². The summed E-state index contributed by atoms with van der Waals surface area (Å²) in [7, 11) is 3.51. The van der Waals surface area contributed by atoms with Gasteiger partial charge >= 0.3 is 122 Å². The van der Waals surface area contributed by atoms with Gasteiger partial charge in [-0.1, -0.05) is 0 Å². The predicted octanol–water partition coefficient (Wildman–Crippen LogP) is 3.81. The van der Waals surface area contributed by atoms with Crippen molar-refractivity contribution in [3.8, 4) is 0 Å². The van der Waals surface area contributed by atoms with E-state index in [2.05, 4.69) is 24.9 Å². The third-order valence-corrected chi connectivity index (χ3v) is 6.61. The molecule has 0 aliphatic carbocycles. The Morgan fingerprint density at radius 1 is 1.28 bits per heavy atom. The minimum absolute atomic E-state index is 0.440. The molecule has 3 nitrogen and oxygen atoms in total. The average molecular weight is 304 g/mol. The molecule has 0 fully saturated rings. The van der Waals surface area contributed by atoms with Gasteiger partial charge in [-0.2, -0.15) is 0 Å². The summed E-state index contributed by atoms with van der Waals surface area (Å²) in [5, 5.41) is 1.05. The van der Waals surface area contributed by atoms with Crippen LogP contribution in [0.1, 0.15) is 31.2 Å². The summed E-state index contributed by atoms with van der Waals surface area (Å²) in [6, 6.07) is 6.09. The zero-order chi connectivity index (χ0) is 13.4. The standard InChI is InChI=1S/C11H16NS.2CH3O.Ti/c1-4-9(2)13-10(3)11-7-5-6-8-12-11;2*1-2;/h5-10H,1,4H2,2-3H3;2*1H3;/q;2*-1;+2. The van der Waals surface area contributed by atoms with Gasteiger partial charge in [0.05, 0.1) is 0 Å². The molecule has 1 heterocycles. The molecular formula is C13H22NO2STi. The van der Waals surface area contributed by atoms with Gasteiger partial charge < -0.3 is 0 Å². The van der Waals surface area contributed by atoms with Crippen LogP contribution in [0.15, 0.2) is 24.4 Å². The van der Waals surface area contributed by atoms with E-state index in [0.717, 1.165) is 16.8 Å². The summed E-state index contributed by atoms with van der Waals surface area (Å²) in [6.45, 7) is 4.48. The second-order valence-corrected chi connectivity index (χ2v) is 9.16. The van der Waals surface area contributed by atoms with E-state index in [-0.39, 0.29) is 0 Å². The van der Waals surface area contributed by atoms with Crippen molar-refractivity contribution in [1.29, 1.82) is 0 Å². The Morgan fingerprint density at radius 3 is 2.56 bits per heavy atom. The van der Waals surface area contributed by atoms with Crippen molar-refractivity contribution in [2.45, 2.75) is 35.5 Å². The van der Waals surface area contributed by atoms with Gasteiger partial charge in [-0.15, -0.1) is 0 Å². The molecule has 18 heavy (non-hydrogen) atoms. The van der Waals surface area contributed by atoms with Crippen molar-refractivity contribution < 1.29 is 25.3 Å². The summed E-state index contributed by atoms with van der Waals surface area (Å²) < 4.78 is 11.8. The Bertz CT molecular complexity index is 322. The van der Waals surface area contributed by atoms with Crippen LogP contribution in [-0.2, 0) is 25.3 Å². The second-order valence-electron chi connectivity index (χ2n) is 4.16.